The topological polar surface area (TPSA) is 78.8 Å². The molecule has 0 spiro atoms. The Bertz CT molecular complexity index is 973. The molecule has 9 heteroatoms. The molecule has 28 heavy (non-hydrogen) atoms. The van der Waals surface area contributed by atoms with E-state index in [4.69, 9.17) is 23.2 Å². The van der Waals surface area contributed by atoms with Crippen molar-refractivity contribution in [1.29, 1.82) is 0 Å². The number of hydrogen-bond acceptors (Lipinski definition) is 4. The van der Waals surface area contributed by atoms with Crippen LogP contribution in [-0.4, -0.2) is 37.9 Å². The number of rotatable bonds is 5. The van der Waals surface area contributed by atoms with Gasteiger partial charge < -0.3 is 0 Å². The van der Waals surface area contributed by atoms with Gasteiger partial charge in [-0.25, -0.2) is 13.8 Å². The van der Waals surface area contributed by atoms with Gasteiger partial charge in [0.1, 0.15) is 0 Å². The van der Waals surface area contributed by atoms with E-state index < -0.39 is 10.0 Å². The zero-order chi connectivity index (χ0) is 20.1. The highest BCUT2D eigenvalue weighted by atomic mass is 35.5. The third-order valence-electron chi connectivity index (χ3n) is 4.54. The first-order valence-corrected chi connectivity index (χ1v) is 10.9. The molecule has 0 aromatic heterocycles. The Morgan fingerprint density at radius 2 is 1.75 bits per heavy atom. The summed E-state index contributed by atoms with van der Waals surface area (Å²) in [5.74, 6) is -0.513. The van der Waals surface area contributed by atoms with Gasteiger partial charge in [0.2, 0.25) is 15.9 Å². The van der Waals surface area contributed by atoms with Gasteiger partial charge >= 0.3 is 0 Å². The molecule has 1 fully saturated rings. The molecule has 1 heterocycles. The molecular formula is C19H19Cl2N3O3S. The number of carbonyl (C=O) groups excluding carboxylic acids is 1. The van der Waals surface area contributed by atoms with Crippen molar-refractivity contribution in [3.63, 3.8) is 0 Å². The second-order valence-corrected chi connectivity index (χ2v) is 9.15. The minimum absolute atomic E-state index is 0.229. The maximum absolute atomic E-state index is 12.6. The van der Waals surface area contributed by atoms with E-state index in [0.717, 1.165) is 0 Å². The lowest BCUT2D eigenvalue weighted by atomic mass is 9.98. The number of benzene rings is 2. The molecule has 1 amide bonds. The van der Waals surface area contributed by atoms with Gasteiger partial charge in [-0.2, -0.15) is 9.41 Å². The first-order valence-electron chi connectivity index (χ1n) is 8.71. The summed E-state index contributed by atoms with van der Waals surface area (Å²) in [6.07, 6.45) is 2.37. The summed E-state index contributed by atoms with van der Waals surface area (Å²) in [7, 11) is -3.52. The Labute approximate surface area is 174 Å². The van der Waals surface area contributed by atoms with Crippen LogP contribution in [0.15, 0.2) is 58.5 Å². The van der Waals surface area contributed by atoms with Crippen LogP contribution in [0, 0.1) is 5.92 Å². The minimum atomic E-state index is -3.52. The zero-order valence-electron chi connectivity index (χ0n) is 14.9. The lowest BCUT2D eigenvalue weighted by Gasteiger charge is -2.30. The highest BCUT2D eigenvalue weighted by Crippen LogP contribution is 2.24. The number of amides is 1. The smallest absolute Gasteiger partial charge is 0.243 e. The molecule has 2 aromatic carbocycles. The van der Waals surface area contributed by atoms with Crippen molar-refractivity contribution in [2.75, 3.05) is 13.1 Å². The van der Waals surface area contributed by atoms with Crippen molar-refractivity contribution >= 4 is 45.3 Å². The standard InChI is InChI=1S/C19H19Cl2N3O3S/c20-17-7-6-14(12-18(17)21)13-22-23-19(25)15-8-10-24(11-9-15)28(26,27)16-4-2-1-3-5-16/h1-7,12-13,15H,8-11H2,(H,23,25)/b22-13-. The number of sulfonamides is 1. The van der Waals surface area contributed by atoms with E-state index in [1.165, 1.54) is 10.5 Å². The van der Waals surface area contributed by atoms with Crippen LogP contribution in [0.3, 0.4) is 0 Å². The van der Waals surface area contributed by atoms with Gasteiger partial charge in [-0.15, -0.1) is 0 Å². The summed E-state index contributed by atoms with van der Waals surface area (Å²) >= 11 is 11.8. The summed E-state index contributed by atoms with van der Waals surface area (Å²) in [6, 6.07) is 13.3. The summed E-state index contributed by atoms with van der Waals surface area (Å²) in [4.78, 5) is 12.6. The third kappa shape index (κ3) is 4.91. The molecule has 0 atom stereocenters. The van der Waals surface area contributed by atoms with Crippen LogP contribution < -0.4 is 5.43 Å². The monoisotopic (exact) mass is 439 g/mol. The highest BCUT2D eigenvalue weighted by molar-refractivity contribution is 7.89. The predicted octanol–water partition coefficient (Wildman–Crippen LogP) is 3.54. The molecule has 1 N–H and O–H groups in total. The summed E-state index contributed by atoms with van der Waals surface area (Å²) in [5.41, 5.74) is 3.21. The van der Waals surface area contributed by atoms with Gasteiger partial charge in [0.05, 0.1) is 21.2 Å². The lowest BCUT2D eigenvalue weighted by molar-refractivity contribution is -0.126. The number of hydrogen-bond donors (Lipinski definition) is 1. The molecule has 0 radical (unpaired) electrons. The number of halogens is 2. The zero-order valence-corrected chi connectivity index (χ0v) is 17.2. The van der Waals surface area contributed by atoms with Crippen molar-refractivity contribution in [3.8, 4) is 0 Å². The molecule has 3 rings (SSSR count). The van der Waals surface area contributed by atoms with Gasteiger partial charge in [-0.05, 0) is 42.7 Å². The van der Waals surface area contributed by atoms with Crippen LogP contribution >= 0.6 is 23.2 Å². The highest BCUT2D eigenvalue weighted by Gasteiger charge is 2.31. The predicted molar refractivity (Wildman–Crippen MR) is 110 cm³/mol. The fraction of sp³-hybridized carbons (Fsp3) is 0.263. The molecular weight excluding hydrogens is 421 g/mol. The maximum Gasteiger partial charge on any atom is 0.243 e. The van der Waals surface area contributed by atoms with E-state index in [-0.39, 0.29) is 16.7 Å². The van der Waals surface area contributed by atoms with Crippen molar-refractivity contribution in [1.82, 2.24) is 9.73 Å². The molecule has 1 aliphatic rings. The van der Waals surface area contributed by atoms with E-state index in [9.17, 15) is 13.2 Å². The Kier molecular flexibility index (Phi) is 6.72. The largest absolute Gasteiger partial charge is 0.273 e. The molecule has 1 saturated heterocycles. The first kappa shape index (κ1) is 20.8. The Hall–Kier alpha value is -1.93. The number of nitrogens with one attached hydrogen (secondary N) is 1. The summed E-state index contributed by atoms with van der Waals surface area (Å²) in [6.45, 7) is 0.595. The Morgan fingerprint density at radius 3 is 2.39 bits per heavy atom. The molecule has 6 nitrogen and oxygen atoms in total. The molecule has 0 saturated carbocycles. The van der Waals surface area contributed by atoms with E-state index in [1.54, 1.807) is 48.5 Å². The van der Waals surface area contributed by atoms with E-state index in [1.807, 2.05) is 0 Å². The normalized spacial score (nSPS) is 16.4. The Balaban J connectivity index is 1.54. The van der Waals surface area contributed by atoms with Gasteiger partial charge in [0.15, 0.2) is 0 Å². The molecule has 0 unspecified atom stereocenters. The van der Waals surface area contributed by atoms with Crippen LogP contribution in [0.25, 0.3) is 0 Å². The maximum atomic E-state index is 12.6. The van der Waals surface area contributed by atoms with Crippen molar-refractivity contribution in [2.24, 2.45) is 11.0 Å². The average molecular weight is 440 g/mol. The van der Waals surface area contributed by atoms with Crippen LogP contribution in [0.2, 0.25) is 10.0 Å². The first-order chi connectivity index (χ1) is 13.4. The van der Waals surface area contributed by atoms with Crippen LogP contribution in [-0.2, 0) is 14.8 Å². The molecule has 2 aromatic rings. The second-order valence-electron chi connectivity index (χ2n) is 6.40. The molecule has 0 bridgehead atoms. The quantitative estimate of drug-likeness (QED) is 0.571. The molecule has 148 valence electrons. The van der Waals surface area contributed by atoms with Gasteiger partial charge in [0.25, 0.3) is 0 Å². The lowest BCUT2D eigenvalue weighted by Crippen LogP contribution is -2.42. The average Bonchev–Trinajstić information content (AvgIpc) is 2.71. The number of carbonyl (C=O) groups is 1. The van der Waals surface area contributed by atoms with Gasteiger partial charge in [-0.3, -0.25) is 4.79 Å². The van der Waals surface area contributed by atoms with E-state index in [2.05, 4.69) is 10.5 Å². The molecule has 0 aliphatic carbocycles. The SMILES string of the molecule is O=C(N/N=C\c1ccc(Cl)c(Cl)c1)C1CCN(S(=O)(=O)c2ccccc2)CC1. The summed E-state index contributed by atoms with van der Waals surface area (Å²) in [5, 5.41) is 4.80. The second kappa shape index (κ2) is 9.05. The van der Waals surface area contributed by atoms with Gasteiger partial charge in [-0.1, -0.05) is 47.5 Å². The van der Waals surface area contributed by atoms with Crippen molar-refractivity contribution in [2.45, 2.75) is 17.7 Å². The van der Waals surface area contributed by atoms with E-state index in [0.29, 0.717) is 41.5 Å². The number of nitrogens with zero attached hydrogens (tertiary/aromatic N) is 2. The van der Waals surface area contributed by atoms with Crippen LogP contribution in [0.4, 0.5) is 0 Å². The minimum Gasteiger partial charge on any atom is -0.273 e. The number of piperidine rings is 1. The van der Waals surface area contributed by atoms with Crippen LogP contribution in [0.1, 0.15) is 18.4 Å². The van der Waals surface area contributed by atoms with Crippen molar-refractivity contribution in [3.05, 3.63) is 64.1 Å². The molecule has 1 aliphatic heterocycles. The third-order valence-corrected chi connectivity index (χ3v) is 7.19. The van der Waals surface area contributed by atoms with Crippen molar-refractivity contribution < 1.29 is 13.2 Å². The Morgan fingerprint density at radius 1 is 1.07 bits per heavy atom. The van der Waals surface area contributed by atoms with Crippen LogP contribution in [0.5, 0.6) is 0 Å². The number of hydrazone groups is 1. The summed E-state index contributed by atoms with van der Waals surface area (Å²) < 4.78 is 26.7. The van der Waals surface area contributed by atoms with E-state index >= 15 is 0 Å². The fourth-order valence-corrected chi connectivity index (χ4v) is 4.75. The fourth-order valence-electron chi connectivity index (χ4n) is 2.95. The van der Waals surface area contributed by atoms with Gasteiger partial charge in [0, 0.05) is 19.0 Å².